The van der Waals surface area contributed by atoms with E-state index in [0.717, 1.165) is 32.3 Å². The second kappa shape index (κ2) is 6.75. The second-order valence-corrected chi connectivity index (χ2v) is 6.44. The highest BCUT2D eigenvalue weighted by molar-refractivity contribution is 9.11. The molecule has 112 valence electrons. The van der Waals surface area contributed by atoms with Crippen molar-refractivity contribution >= 4 is 37.8 Å². The minimum Gasteiger partial charge on any atom is -0.482 e. The Morgan fingerprint density at radius 3 is 2.62 bits per heavy atom. The van der Waals surface area contributed by atoms with Gasteiger partial charge in [-0.25, -0.2) is 4.68 Å². The van der Waals surface area contributed by atoms with Crippen LogP contribution >= 0.6 is 31.9 Å². The highest BCUT2D eigenvalue weighted by Crippen LogP contribution is 2.28. The number of hydrogen-bond acceptors (Lipinski definition) is 3. The molecule has 0 radical (unpaired) electrons. The van der Waals surface area contributed by atoms with Crippen molar-refractivity contribution in [2.75, 3.05) is 6.61 Å². The highest BCUT2D eigenvalue weighted by atomic mass is 79.9. The topological polar surface area (TPSA) is 44.1 Å². The van der Waals surface area contributed by atoms with Crippen molar-refractivity contribution in [3.63, 3.8) is 0 Å². The van der Waals surface area contributed by atoms with E-state index in [1.54, 1.807) is 6.07 Å². The van der Waals surface area contributed by atoms with Gasteiger partial charge in [0.05, 0.1) is 10.2 Å². The Bertz CT molecular complexity index is 681. The van der Waals surface area contributed by atoms with Crippen molar-refractivity contribution in [1.82, 2.24) is 9.78 Å². The Kier molecular flexibility index (Phi) is 5.22. The molecule has 0 fully saturated rings. The molecule has 0 unspecified atom stereocenters. The van der Waals surface area contributed by atoms with E-state index in [1.807, 2.05) is 26.0 Å². The molecule has 1 aromatic carbocycles. The van der Waals surface area contributed by atoms with Crippen LogP contribution in [0.2, 0.25) is 0 Å². The molecule has 0 saturated heterocycles. The average Bonchev–Trinajstić information content (AvgIpc) is 2.72. The average molecular weight is 416 g/mol. The third-order valence-electron chi connectivity index (χ3n) is 3.28. The number of aromatic nitrogens is 2. The zero-order valence-corrected chi connectivity index (χ0v) is 15.3. The number of benzene rings is 1. The summed E-state index contributed by atoms with van der Waals surface area (Å²) in [4.78, 5) is 12.2. The van der Waals surface area contributed by atoms with Crippen LogP contribution in [0.4, 0.5) is 0 Å². The Morgan fingerprint density at radius 1 is 1.33 bits per heavy atom. The molecule has 0 aliphatic carbocycles. The summed E-state index contributed by atoms with van der Waals surface area (Å²) >= 11 is 6.78. The normalized spacial score (nSPS) is 10.7. The predicted octanol–water partition coefficient (Wildman–Crippen LogP) is 4.31. The van der Waals surface area contributed by atoms with Crippen LogP contribution in [0.5, 0.6) is 5.75 Å². The number of carbonyl (C=O) groups excluding carboxylic acids is 1. The van der Waals surface area contributed by atoms with E-state index in [-0.39, 0.29) is 12.5 Å². The molecule has 0 amide bonds. The summed E-state index contributed by atoms with van der Waals surface area (Å²) in [5.74, 6) is 0.453. The molecule has 6 heteroatoms. The second-order valence-electron chi connectivity index (χ2n) is 4.67. The zero-order chi connectivity index (χ0) is 15.6. The van der Waals surface area contributed by atoms with Gasteiger partial charge in [-0.05, 0) is 60.0 Å². The number of halogens is 2. The fraction of sp³-hybridized carbons (Fsp3) is 0.333. The first-order chi connectivity index (χ1) is 9.93. The van der Waals surface area contributed by atoms with Crippen molar-refractivity contribution in [2.45, 2.75) is 27.2 Å². The molecule has 0 spiro atoms. The van der Waals surface area contributed by atoms with Gasteiger partial charge in [0.25, 0.3) is 5.91 Å². The minimum atomic E-state index is -0.176. The number of rotatable bonds is 4. The molecular formula is C15H16Br2N2O2. The largest absolute Gasteiger partial charge is 0.482 e. The number of nitrogens with zero attached hydrogens (tertiary/aromatic N) is 2. The number of aryl methyl sites for hydroxylation is 1. The number of hydrogen-bond donors (Lipinski definition) is 0. The van der Waals surface area contributed by atoms with Gasteiger partial charge in [0.1, 0.15) is 5.75 Å². The summed E-state index contributed by atoms with van der Waals surface area (Å²) in [6.07, 6.45) is 0.865. The van der Waals surface area contributed by atoms with Crippen LogP contribution in [-0.2, 0) is 6.42 Å². The van der Waals surface area contributed by atoms with E-state index in [9.17, 15) is 4.79 Å². The maximum absolute atomic E-state index is 12.2. The van der Waals surface area contributed by atoms with E-state index in [0.29, 0.717) is 5.75 Å². The molecular weight excluding hydrogens is 400 g/mol. The summed E-state index contributed by atoms with van der Waals surface area (Å²) in [5.41, 5.74) is 2.90. The lowest BCUT2D eigenvalue weighted by Gasteiger charge is -2.08. The molecule has 4 nitrogen and oxygen atoms in total. The fourth-order valence-corrected chi connectivity index (χ4v) is 3.38. The van der Waals surface area contributed by atoms with Crippen LogP contribution < -0.4 is 4.74 Å². The van der Waals surface area contributed by atoms with E-state index in [4.69, 9.17) is 4.74 Å². The number of ether oxygens (including phenoxy) is 1. The van der Waals surface area contributed by atoms with Crippen LogP contribution in [0.25, 0.3) is 0 Å². The number of carbonyl (C=O) groups is 1. The molecule has 0 aliphatic heterocycles. The maximum atomic E-state index is 12.2. The Hall–Kier alpha value is -1.14. The van der Waals surface area contributed by atoms with Crippen LogP contribution in [0, 0.1) is 13.8 Å². The third-order valence-corrected chi connectivity index (χ3v) is 4.39. The molecule has 21 heavy (non-hydrogen) atoms. The van der Waals surface area contributed by atoms with Crippen molar-refractivity contribution in [3.05, 3.63) is 44.1 Å². The van der Waals surface area contributed by atoms with E-state index in [2.05, 4.69) is 43.9 Å². The summed E-state index contributed by atoms with van der Waals surface area (Å²) in [6.45, 7) is 5.83. The first kappa shape index (κ1) is 16.2. The molecule has 0 N–H and O–H groups in total. The van der Waals surface area contributed by atoms with Crippen LogP contribution in [0.3, 0.4) is 0 Å². The maximum Gasteiger partial charge on any atom is 0.284 e. The molecule has 2 aromatic rings. The molecule has 0 saturated carbocycles. The van der Waals surface area contributed by atoms with Gasteiger partial charge in [0.15, 0.2) is 6.61 Å². The van der Waals surface area contributed by atoms with Gasteiger partial charge in [0.2, 0.25) is 0 Å². The molecule has 1 heterocycles. The summed E-state index contributed by atoms with van der Waals surface area (Å²) in [6, 6.07) is 5.54. The van der Waals surface area contributed by atoms with Crippen LogP contribution in [-0.4, -0.2) is 22.3 Å². The lowest BCUT2D eigenvalue weighted by molar-refractivity contribution is 0.0817. The van der Waals surface area contributed by atoms with Gasteiger partial charge < -0.3 is 4.74 Å². The van der Waals surface area contributed by atoms with E-state index in [1.165, 1.54) is 4.68 Å². The van der Waals surface area contributed by atoms with Crippen molar-refractivity contribution in [2.24, 2.45) is 0 Å². The van der Waals surface area contributed by atoms with Gasteiger partial charge in [-0.1, -0.05) is 22.9 Å². The quantitative estimate of drug-likeness (QED) is 0.747. The first-order valence-electron chi connectivity index (χ1n) is 6.60. The van der Waals surface area contributed by atoms with Gasteiger partial charge in [-0.2, -0.15) is 5.10 Å². The Morgan fingerprint density at radius 2 is 2.05 bits per heavy atom. The van der Waals surface area contributed by atoms with E-state index < -0.39 is 0 Å². The molecule has 2 rings (SSSR count). The summed E-state index contributed by atoms with van der Waals surface area (Å²) in [7, 11) is 0. The van der Waals surface area contributed by atoms with Crippen LogP contribution in [0.1, 0.15) is 28.7 Å². The molecule has 1 aromatic heterocycles. The minimum absolute atomic E-state index is 0.0503. The highest BCUT2D eigenvalue weighted by Gasteiger charge is 2.16. The zero-order valence-electron chi connectivity index (χ0n) is 12.1. The Balaban J connectivity index is 2.12. The summed E-state index contributed by atoms with van der Waals surface area (Å²) in [5, 5.41) is 4.30. The van der Waals surface area contributed by atoms with Crippen molar-refractivity contribution in [3.8, 4) is 5.75 Å². The summed E-state index contributed by atoms with van der Waals surface area (Å²) < 4.78 is 8.74. The molecule has 0 aliphatic rings. The SMILES string of the molecule is CCc1c(C)nn(C(=O)COc2ccc(Br)cc2Br)c1C. The standard InChI is InChI=1S/C15H16Br2N2O2/c1-4-12-9(2)18-19(10(12)3)15(20)8-21-14-6-5-11(16)7-13(14)17/h5-7H,4,8H2,1-3H3. The van der Waals surface area contributed by atoms with E-state index >= 15 is 0 Å². The van der Waals surface area contributed by atoms with Crippen molar-refractivity contribution < 1.29 is 9.53 Å². The van der Waals surface area contributed by atoms with Gasteiger partial charge >= 0.3 is 0 Å². The van der Waals surface area contributed by atoms with Gasteiger partial charge in [0, 0.05) is 10.2 Å². The molecule has 0 bridgehead atoms. The van der Waals surface area contributed by atoms with Gasteiger partial charge in [-0.3, -0.25) is 4.79 Å². The molecule has 0 atom stereocenters. The fourth-order valence-electron chi connectivity index (χ4n) is 2.22. The van der Waals surface area contributed by atoms with Crippen LogP contribution in [0.15, 0.2) is 27.1 Å². The third kappa shape index (κ3) is 3.55. The predicted molar refractivity (Wildman–Crippen MR) is 89.0 cm³/mol. The van der Waals surface area contributed by atoms with Gasteiger partial charge in [-0.15, -0.1) is 0 Å². The monoisotopic (exact) mass is 414 g/mol. The smallest absolute Gasteiger partial charge is 0.284 e. The lowest BCUT2D eigenvalue weighted by Crippen LogP contribution is -2.21. The Labute approximate surface area is 140 Å². The lowest BCUT2D eigenvalue weighted by atomic mass is 10.1. The first-order valence-corrected chi connectivity index (χ1v) is 8.18. The van der Waals surface area contributed by atoms with Crippen molar-refractivity contribution in [1.29, 1.82) is 0 Å².